The Labute approximate surface area is 149 Å². The van der Waals surface area contributed by atoms with E-state index in [0.717, 1.165) is 31.8 Å². The van der Waals surface area contributed by atoms with Crippen LogP contribution in [0.5, 0.6) is 0 Å². The summed E-state index contributed by atoms with van der Waals surface area (Å²) in [4.78, 5) is 2.73. The van der Waals surface area contributed by atoms with Crippen molar-refractivity contribution in [1.29, 1.82) is 0 Å². The van der Waals surface area contributed by atoms with Gasteiger partial charge in [-0.25, -0.2) is 0 Å². The van der Waals surface area contributed by atoms with Crippen LogP contribution in [0.3, 0.4) is 0 Å². The van der Waals surface area contributed by atoms with Crippen molar-refractivity contribution in [3.8, 4) is 0 Å². The van der Waals surface area contributed by atoms with Crippen LogP contribution < -0.4 is 0 Å². The summed E-state index contributed by atoms with van der Waals surface area (Å²) < 4.78 is 6.28. The van der Waals surface area contributed by atoms with Crippen LogP contribution in [0.2, 0.25) is 0 Å². The fraction of sp³-hybridized carbons (Fsp3) is 0.818. The first-order valence-corrected chi connectivity index (χ1v) is 10.4. The van der Waals surface area contributed by atoms with Gasteiger partial charge in [0.2, 0.25) is 0 Å². The van der Waals surface area contributed by atoms with Crippen LogP contribution in [0.1, 0.15) is 72.1 Å². The zero-order valence-electron chi connectivity index (χ0n) is 16.1. The van der Waals surface area contributed by atoms with Gasteiger partial charge in [-0.05, 0) is 63.2 Å². The number of morpholine rings is 1. The minimum absolute atomic E-state index is 0.440. The summed E-state index contributed by atoms with van der Waals surface area (Å²) in [6.45, 7) is 10.5. The van der Waals surface area contributed by atoms with Gasteiger partial charge in [0.1, 0.15) is 0 Å². The predicted molar refractivity (Wildman–Crippen MR) is 102 cm³/mol. The third-order valence-corrected chi connectivity index (χ3v) is 5.99. The Morgan fingerprint density at radius 2 is 2.04 bits per heavy atom. The summed E-state index contributed by atoms with van der Waals surface area (Å²) in [5, 5.41) is 0. The Balaban J connectivity index is 1.52. The molecule has 2 aliphatic heterocycles. The van der Waals surface area contributed by atoms with Crippen LogP contribution in [-0.2, 0) is 4.74 Å². The van der Waals surface area contributed by atoms with Gasteiger partial charge in [-0.15, -0.1) is 0 Å². The molecule has 0 aromatic carbocycles. The quantitative estimate of drug-likeness (QED) is 0.508. The van der Waals surface area contributed by atoms with Gasteiger partial charge < -0.3 is 4.74 Å². The maximum absolute atomic E-state index is 6.28. The fourth-order valence-corrected chi connectivity index (χ4v) is 4.83. The van der Waals surface area contributed by atoms with Crippen molar-refractivity contribution in [3.05, 3.63) is 23.3 Å². The molecule has 3 rings (SSSR count). The molecule has 3 unspecified atom stereocenters. The average molecular weight is 332 g/mol. The van der Waals surface area contributed by atoms with E-state index in [1.54, 1.807) is 11.1 Å². The number of fused-ring (bicyclic) bond motifs is 2. The molecular weight excluding hydrogens is 294 g/mol. The molecule has 0 N–H and O–H groups in total. The number of ether oxygens (including phenoxy) is 1. The Kier molecular flexibility index (Phi) is 6.57. The summed E-state index contributed by atoms with van der Waals surface area (Å²) in [6, 6.07) is 0. The molecule has 1 aliphatic carbocycles. The fourth-order valence-electron chi connectivity index (χ4n) is 4.83. The van der Waals surface area contributed by atoms with E-state index < -0.39 is 0 Å². The standard InChI is InChI=1S/C22H37NO/c1-4-18-10-11-21-15-23(16-22(13-18)24-21)14-20-7-5-6-19(8-9-20)12-17(2)3/h10,12,17,20-22H,4-9,11,13-16H2,1-3H3/b19-12-. The van der Waals surface area contributed by atoms with Crippen molar-refractivity contribution in [2.24, 2.45) is 11.8 Å². The maximum Gasteiger partial charge on any atom is 0.0743 e. The molecule has 3 aliphatic rings. The summed E-state index contributed by atoms with van der Waals surface area (Å²) in [7, 11) is 0. The molecule has 2 heteroatoms. The minimum atomic E-state index is 0.440. The van der Waals surface area contributed by atoms with E-state index in [1.165, 1.54) is 45.1 Å². The maximum atomic E-state index is 6.28. The lowest BCUT2D eigenvalue weighted by Gasteiger charge is -2.38. The summed E-state index contributed by atoms with van der Waals surface area (Å²) in [5.41, 5.74) is 3.34. The van der Waals surface area contributed by atoms with Gasteiger partial charge in [0.05, 0.1) is 12.2 Å². The van der Waals surface area contributed by atoms with Crippen LogP contribution in [0.25, 0.3) is 0 Å². The van der Waals surface area contributed by atoms with Gasteiger partial charge in [0.15, 0.2) is 0 Å². The zero-order valence-corrected chi connectivity index (χ0v) is 16.1. The molecular formula is C22H37NO. The lowest BCUT2D eigenvalue weighted by Crippen LogP contribution is -2.48. The summed E-state index contributed by atoms with van der Waals surface area (Å²) in [6.07, 6.45) is 16.2. The number of hydrogen-bond donors (Lipinski definition) is 0. The Morgan fingerprint density at radius 3 is 2.83 bits per heavy atom. The van der Waals surface area contributed by atoms with Crippen LogP contribution in [-0.4, -0.2) is 36.7 Å². The largest absolute Gasteiger partial charge is 0.372 e. The second-order valence-corrected chi connectivity index (χ2v) is 8.62. The molecule has 0 radical (unpaired) electrons. The molecule has 2 heterocycles. The molecule has 136 valence electrons. The molecule has 24 heavy (non-hydrogen) atoms. The van der Waals surface area contributed by atoms with Crippen LogP contribution in [0.4, 0.5) is 0 Å². The molecule has 2 fully saturated rings. The van der Waals surface area contributed by atoms with Crippen molar-refractivity contribution in [1.82, 2.24) is 4.90 Å². The highest BCUT2D eigenvalue weighted by Gasteiger charge is 2.31. The second-order valence-electron chi connectivity index (χ2n) is 8.62. The average Bonchev–Trinajstić information content (AvgIpc) is 2.83. The number of hydrogen-bond acceptors (Lipinski definition) is 2. The van der Waals surface area contributed by atoms with Crippen molar-refractivity contribution in [2.45, 2.75) is 84.3 Å². The lowest BCUT2D eigenvalue weighted by atomic mass is 9.98. The minimum Gasteiger partial charge on any atom is -0.372 e. The third kappa shape index (κ3) is 5.20. The van der Waals surface area contributed by atoms with Crippen LogP contribution >= 0.6 is 0 Å². The van der Waals surface area contributed by atoms with Crippen molar-refractivity contribution < 1.29 is 4.74 Å². The van der Waals surface area contributed by atoms with E-state index in [4.69, 9.17) is 4.74 Å². The number of allylic oxidation sites excluding steroid dienone is 2. The van der Waals surface area contributed by atoms with E-state index in [1.807, 2.05) is 0 Å². The Hall–Kier alpha value is -0.600. The molecule has 0 aromatic rings. The summed E-state index contributed by atoms with van der Waals surface area (Å²) >= 11 is 0. The molecule has 0 aromatic heterocycles. The van der Waals surface area contributed by atoms with Crippen molar-refractivity contribution in [3.63, 3.8) is 0 Å². The molecule has 3 atom stereocenters. The summed E-state index contributed by atoms with van der Waals surface area (Å²) in [5.74, 6) is 1.60. The molecule has 2 nitrogen and oxygen atoms in total. The van der Waals surface area contributed by atoms with Gasteiger partial charge in [-0.1, -0.05) is 44.1 Å². The van der Waals surface area contributed by atoms with E-state index in [2.05, 4.69) is 37.8 Å². The Bertz CT molecular complexity index is 465. The first kappa shape index (κ1) is 18.2. The van der Waals surface area contributed by atoms with Crippen LogP contribution in [0.15, 0.2) is 23.3 Å². The SMILES string of the molecule is CCC1=CCC2CN(CC3CCC/C(=C/C(C)C)CC3)CC(C1)O2. The van der Waals surface area contributed by atoms with E-state index in [9.17, 15) is 0 Å². The molecule has 0 spiro atoms. The normalized spacial score (nSPS) is 34.1. The van der Waals surface area contributed by atoms with Gasteiger partial charge >= 0.3 is 0 Å². The number of rotatable bonds is 4. The Morgan fingerprint density at radius 1 is 1.21 bits per heavy atom. The van der Waals surface area contributed by atoms with E-state index >= 15 is 0 Å². The van der Waals surface area contributed by atoms with Gasteiger partial charge in [0, 0.05) is 19.6 Å². The van der Waals surface area contributed by atoms with Crippen LogP contribution in [0, 0.1) is 11.8 Å². The van der Waals surface area contributed by atoms with Crippen molar-refractivity contribution in [2.75, 3.05) is 19.6 Å². The first-order valence-electron chi connectivity index (χ1n) is 10.4. The van der Waals surface area contributed by atoms with Gasteiger partial charge in [0.25, 0.3) is 0 Å². The highest BCUT2D eigenvalue weighted by atomic mass is 16.5. The molecule has 2 bridgehead atoms. The molecule has 1 saturated carbocycles. The van der Waals surface area contributed by atoms with Gasteiger partial charge in [-0.3, -0.25) is 4.90 Å². The highest BCUT2D eigenvalue weighted by molar-refractivity contribution is 5.08. The molecule has 0 amide bonds. The highest BCUT2D eigenvalue weighted by Crippen LogP contribution is 2.31. The van der Waals surface area contributed by atoms with E-state index in [0.29, 0.717) is 18.1 Å². The zero-order chi connectivity index (χ0) is 16.9. The topological polar surface area (TPSA) is 12.5 Å². The first-order chi connectivity index (χ1) is 11.6. The second kappa shape index (κ2) is 8.67. The lowest BCUT2D eigenvalue weighted by molar-refractivity contribution is -0.0829. The predicted octanol–water partition coefficient (Wildman–Crippen LogP) is 5.35. The van der Waals surface area contributed by atoms with E-state index in [-0.39, 0.29) is 0 Å². The number of nitrogens with zero attached hydrogens (tertiary/aromatic N) is 1. The van der Waals surface area contributed by atoms with Gasteiger partial charge in [-0.2, -0.15) is 0 Å². The molecule has 1 saturated heterocycles. The van der Waals surface area contributed by atoms with Crippen molar-refractivity contribution >= 4 is 0 Å². The smallest absolute Gasteiger partial charge is 0.0743 e. The third-order valence-electron chi connectivity index (χ3n) is 5.99. The monoisotopic (exact) mass is 331 g/mol.